The quantitative estimate of drug-likeness (QED) is 0.113. The molecule has 4 aliphatic rings. The van der Waals surface area contributed by atoms with Gasteiger partial charge in [0.15, 0.2) is 10.8 Å². The highest BCUT2D eigenvalue weighted by molar-refractivity contribution is 6.09. The van der Waals surface area contributed by atoms with Gasteiger partial charge in [0.25, 0.3) is 22.9 Å². The second-order valence-corrected chi connectivity index (χ2v) is 14.6. The zero-order valence-corrected chi connectivity index (χ0v) is 30.7. The molecular formula is C44H32N8O6. The highest BCUT2D eigenvalue weighted by Crippen LogP contribution is 2.65. The summed E-state index contributed by atoms with van der Waals surface area (Å²) >= 11 is 0. The number of nitro groups is 2. The van der Waals surface area contributed by atoms with Crippen LogP contribution in [0.3, 0.4) is 0 Å². The van der Waals surface area contributed by atoms with E-state index in [2.05, 4.69) is 13.2 Å². The van der Waals surface area contributed by atoms with Gasteiger partial charge in [0.2, 0.25) is 0 Å². The van der Waals surface area contributed by atoms with Crippen molar-refractivity contribution in [3.63, 3.8) is 0 Å². The lowest BCUT2D eigenvalue weighted by atomic mass is 9.78. The first kappa shape index (κ1) is 38.3. The fourth-order valence-corrected chi connectivity index (χ4v) is 9.80. The minimum atomic E-state index is -1.81. The Kier molecular flexibility index (Phi) is 9.24. The number of amides is 2. The summed E-state index contributed by atoms with van der Waals surface area (Å²) in [6, 6.07) is 35.4. The van der Waals surface area contributed by atoms with Crippen LogP contribution in [0.2, 0.25) is 0 Å². The molecule has 284 valence electrons. The Morgan fingerprint density at radius 2 is 0.897 bits per heavy atom. The van der Waals surface area contributed by atoms with Crippen molar-refractivity contribution in [1.29, 1.82) is 21.0 Å². The van der Waals surface area contributed by atoms with Gasteiger partial charge in [-0.3, -0.25) is 39.6 Å². The summed E-state index contributed by atoms with van der Waals surface area (Å²) < 4.78 is 0. The van der Waals surface area contributed by atoms with E-state index in [9.17, 15) is 50.9 Å². The molecule has 0 bridgehead atoms. The molecule has 0 radical (unpaired) electrons. The van der Waals surface area contributed by atoms with Crippen LogP contribution >= 0.6 is 0 Å². The first-order valence-electron chi connectivity index (χ1n) is 18.1. The number of carbonyl (C=O) groups is 2. The highest BCUT2D eigenvalue weighted by atomic mass is 16.6. The van der Waals surface area contributed by atoms with Gasteiger partial charge in [0.05, 0.1) is 58.6 Å². The summed E-state index contributed by atoms with van der Waals surface area (Å²) in [6.45, 7) is 7.48. The molecule has 2 saturated carbocycles. The molecule has 0 unspecified atom stereocenters. The van der Waals surface area contributed by atoms with Gasteiger partial charge in [0, 0.05) is 21.0 Å². The van der Waals surface area contributed by atoms with Crippen LogP contribution in [0.15, 0.2) is 135 Å². The number of anilines is 2. The summed E-state index contributed by atoms with van der Waals surface area (Å²) in [5.74, 6) is -2.52. The van der Waals surface area contributed by atoms with Gasteiger partial charge in [-0.05, 0) is 61.4 Å². The monoisotopic (exact) mass is 768 g/mol. The molecule has 14 heteroatoms. The van der Waals surface area contributed by atoms with Crippen LogP contribution in [-0.2, 0) is 11.1 Å². The summed E-state index contributed by atoms with van der Waals surface area (Å²) in [7, 11) is 0. The molecule has 2 aliphatic heterocycles. The Hall–Kier alpha value is -7.94. The molecule has 0 saturated heterocycles. The molecule has 4 aromatic carbocycles. The number of hydrogen-bond donors (Lipinski definition) is 0. The zero-order valence-electron chi connectivity index (χ0n) is 30.7. The molecule has 0 aromatic heterocycles. The topological polar surface area (TPSA) is 222 Å². The highest BCUT2D eigenvalue weighted by Gasteiger charge is 2.79. The Morgan fingerprint density at radius 1 is 0.586 bits per heavy atom. The van der Waals surface area contributed by atoms with Crippen molar-refractivity contribution < 1.29 is 19.4 Å². The largest absolute Gasteiger partial charge is 0.294 e. The van der Waals surface area contributed by atoms with Gasteiger partial charge in [-0.1, -0.05) is 72.8 Å². The average molecular weight is 769 g/mol. The number of rotatable bonds is 6. The first-order valence-corrected chi connectivity index (χ1v) is 18.1. The van der Waals surface area contributed by atoms with E-state index in [1.54, 1.807) is 109 Å². The number of para-hydroxylation sites is 2. The van der Waals surface area contributed by atoms with E-state index in [0.29, 0.717) is 33.6 Å². The second-order valence-electron chi connectivity index (χ2n) is 14.6. The number of carbonyl (C=O) groups excluding carboxylic acids is 2. The Bertz CT molecular complexity index is 2380. The second kappa shape index (κ2) is 14.0. The van der Waals surface area contributed by atoms with E-state index in [0.717, 1.165) is 0 Å². The van der Waals surface area contributed by atoms with E-state index in [1.807, 2.05) is 24.3 Å². The molecule has 14 nitrogen and oxygen atoms in total. The average Bonchev–Trinajstić information content (AvgIpc) is 3.95. The van der Waals surface area contributed by atoms with Crippen LogP contribution in [0, 0.1) is 88.2 Å². The zero-order chi connectivity index (χ0) is 41.6. The van der Waals surface area contributed by atoms with E-state index in [1.165, 1.54) is 22.0 Å². The lowest BCUT2D eigenvalue weighted by Crippen LogP contribution is -2.55. The Morgan fingerprint density at radius 3 is 1.19 bits per heavy atom. The first-order chi connectivity index (χ1) is 27.9. The predicted molar refractivity (Wildman–Crippen MR) is 208 cm³/mol. The van der Waals surface area contributed by atoms with Gasteiger partial charge in [0.1, 0.15) is 12.1 Å². The van der Waals surface area contributed by atoms with Crippen LogP contribution in [0.5, 0.6) is 0 Å². The van der Waals surface area contributed by atoms with Crippen LogP contribution in [0.4, 0.5) is 11.4 Å². The van der Waals surface area contributed by atoms with E-state index < -0.39 is 67.5 Å². The van der Waals surface area contributed by atoms with Gasteiger partial charge >= 0.3 is 0 Å². The third kappa shape index (κ3) is 4.86. The predicted octanol–water partition coefficient (Wildman–Crippen LogP) is 6.85. The van der Waals surface area contributed by atoms with Crippen LogP contribution in [0.1, 0.15) is 44.7 Å². The molecular weight excluding hydrogens is 737 g/mol. The van der Waals surface area contributed by atoms with Crippen molar-refractivity contribution in [3.05, 3.63) is 177 Å². The third-order valence-electron chi connectivity index (χ3n) is 12.1. The lowest BCUT2D eigenvalue weighted by molar-refractivity contribution is -0.585. The molecule has 2 fully saturated rings. The van der Waals surface area contributed by atoms with Crippen LogP contribution < -0.4 is 9.80 Å². The van der Waals surface area contributed by atoms with Crippen molar-refractivity contribution in [2.75, 3.05) is 9.80 Å². The van der Waals surface area contributed by atoms with E-state index in [4.69, 9.17) is 0 Å². The molecule has 0 spiro atoms. The fraction of sp³-hybridized carbons (Fsp3) is 0.227. The van der Waals surface area contributed by atoms with Crippen molar-refractivity contribution >= 4 is 23.2 Å². The normalized spacial score (nSPS) is 25.9. The van der Waals surface area contributed by atoms with Crippen molar-refractivity contribution in [1.82, 2.24) is 0 Å². The Labute approximate surface area is 332 Å². The van der Waals surface area contributed by atoms with Crippen LogP contribution in [0.25, 0.3) is 0 Å². The summed E-state index contributed by atoms with van der Waals surface area (Å²) in [5.41, 5.74) is -5.09. The van der Waals surface area contributed by atoms with Gasteiger partial charge < -0.3 is 0 Å². The molecule has 58 heavy (non-hydrogen) atoms. The SMILES string of the molecule is C=C[C@@H]1CC(C#N)(C#N)[C@H]2N(C(=O)c3ccccc3)c3ccccc3[C@@]12[N+](=O)[O-].C=C[C@@H]1CC(C#N)(C#N)[C@H]2N(C(=O)c3ccccc3)c3ccccc3[C@@]12[N+](=O)[O-]. The maximum Gasteiger partial charge on any atom is 0.278 e. The standard InChI is InChI=1S/2C22H16N4O3/c2*1-2-16-12-21(13-23,14-24)20-22(16,26(28)29)17-10-6-7-11-18(17)25(20)19(27)15-8-4-3-5-9-15/h2*2-11,16,20H,1,12H2/t2*16-,20-,22+/m11/s1. The molecule has 8 rings (SSSR count). The molecule has 2 amide bonds. The molecule has 2 heterocycles. The maximum atomic E-state index is 13.5. The summed E-state index contributed by atoms with van der Waals surface area (Å²) in [4.78, 5) is 53.8. The number of benzene rings is 4. The van der Waals surface area contributed by atoms with Gasteiger partial charge in [-0.25, -0.2) is 0 Å². The summed E-state index contributed by atoms with van der Waals surface area (Å²) in [5, 5.41) is 64.9. The smallest absolute Gasteiger partial charge is 0.278 e. The lowest BCUT2D eigenvalue weighted by Gasteiger charge is -2.32. The minimum absolute atomic E-state index is 0.0674. The van der Waals surface area contributed by atoms with Gasteiger partial charge in [-0.15, -0.1) is 13.2 Å². The molecule has 2 aliphatic carbocycles. The van der Waals surface area contributed by atoms with E-state index >= 15 is 0 Å². The van der Waals surface area contributed by atoms with Crippen molar-refractivity contribution in [2.45, 2.75) is 36.0 Å². The molecule has 4 aromatic rings. The third-order valence-corrected chi connectivity index (χ3v) is 12.1. The maximum absolute atomic E-state index is 13.5. The number of nitriles is 4. The number of hydrogen-bond acceptors (Lipinski definition) is 10. The van der Waals surface area contributed by atoms with Crippen LogP contribution in [-0.4, -0.2) is 33.7 Å². The molecule has 0 N–H and O–H groups in total. The Balaban J connectivity index is 0.000000177. The number of nitrogens with zero attached hydrogens (tertiary/aromatic N) is 8. The summed E-state index contributed by atoms with van der Waals surface area (Å²) in [6.07, 6.45) is 2.73. The fourth-order valence-electron chi connectivity index (χ4n) is 9.80. The number of fused-ring (bicyclic) bond motifs is 6. The molecule has 6 atom stereocenters. The minimum Gasteiger partial charge on any atom is -0.294 e. The van der Waals surface area contributed by atoms with Crippen molar-refractivity contribution in [2.24, 2.45) is 22.7 Å². The van der Waals surface area contributed by atoms with E-state index in [-0.39, 0.29) is 12.8 Å². The van der Waals surface area contributed by atoms with Gasteiger partial charge in [-0.2, -0.15) is 21.0 Å². The van der Waals surface area contributed by atoms with Crippen molar-refractivity contribution in [3.8, 4) is 24.3 Å².